The van der Waals surface area contributed by atoms with Gasteiger partial charge < -0.3 is 10.1 Å². The monoisotopic (exact) mass is 385 g/mol. The Morgan fingerprint density at radius 1 is 1.21 bits per heavy atom. The minimum absolute atomic E-state index is 0.160. The van der Waals surface area contributed by atoms with Gasteiger partial charge in [0.2, 0.25) is 0 Å². The van der Waals surface area contributed by atoms with Gasteiger partial charge in [0.05, 0.1) is 23.0 Å². The lowest BCUT2D eigenvalue weighted by molar-refractivity contribution is 0.102. The van der Waals surface area contributed by atoms with Crippen molar-refractivity contribution in [2.45, 2.75) is 6.61 Å². The number of methoxy groups -OCH3 is 1. The topological polar surface area (TPSA) is 56.1 Å². The minimum atomic E-state index is -0.160. The van der Waals surface area contributed by atoms with Crippen molar-refractivity contribution >= 4 is 27.5 Å². The summed E-state index contributed by atoms with van der Waals surface area (Å²) in [4.78, 5) is 12.4. The van der Waals surface area contributed by atoms with Crippen LogP contribution >= 0.6 is 15.9 Å². The van der Waals surface area contributed by atoms with Crippen molar-refractivity contribution < 1.29 is 9.53 Å². The fourth-order valence-corrected chi connectivity index (χ4v) is 2.61. The number of halogens is 1. The number of hydrogen-bond donors (Lipinski definition) is 1. The highest BCUT2D eigenvalue weighted by atomic mass is 79.9. The van der Waals surface area contributed by atoms with E-state index in [0.29, 0.717) is 12.2 Å². The summed E-state index contributed by atoms with van der Waals surface area (Å²) >= 11 is 3.37. The summed E-state index contributed by atoms with van der Waals surface area (Å²) in [6, 6.07) is 14.9. The molecule has 0 aliphatic rings. The SMILES string of the molecule is COCc1ccccc1NC(=O)c1ccc(-n2cc(Br)cn2)cc1. The molecule has 0 spiro atoms. The molecule has 122 valence electrons. The molecule has 1 amide bonds. The summed E-state index contributed by atoms with van der Waals surface area (Å²) in [5.74, 6) is -0.160. The van der Waals surface area contributed by atoms with E-state index in [1.54, 1.807) is 30.1 Å². The lowest BCUT2D eigenvalue weighted by Gasteiger charge is -2.11. The lowest BCUT2D eigenvalue weighted by Crippen LogP contribution is -2.13. The van der Waals surface area contributed by atoms with Crippen LogP contribution in [0.2, 0.25) is 0 Å². The highest BCUT2D eigenvalue weighted by Crippen LogP contribution is 2.18. The molecule has 0 fully saturated rings. The van der Waals surface area contributed by atoms with Crippen LogP contribution in [0.5, 0.6) is 0 Å². The second kappa shape index (κ2) is 7.42. The minimum Gasteiger partial charge on any atom is -0.380 e. The molecule has 3 rings (SSSR count). The van der Waals surface area contributed by atoms with Gasteiger partial charge in [0.15, 0.2) is 0 Å². The van der Waals surface area contributed by atoms with E-state index in [1.165, 1.54) is 0 Å². The van der Waals surface area contributed by atoms with Crippen molar-refractivity contribution in [3.63, 3.8) is 0 Å². The average Bonchev–Trinajstić information content (AvgIpc) is 3.03. The first kappa shape index (κ1) is 16.4. The van der Waals surface area contributed by atoms with E-state index in [4.69, 9.17) is 4.74 Å². The third-order valence-corrected chi connectivity index (χ3v) is 3.92. The van der Waals surface area contributed by atoms with E-state index in [9.17, 15) is 4.79 Å². The predicted octanol–water partition coefficient (Wildman–Crippen LogP) is 4.03. The van der Waals surface area contributed by atoms with Crippen molar-refractivity contribution in [3.05, 3.63) is 76.5 Å². The van der Waals surface area contributed by atoms with Crippen LogP contribution in [0.25, 0.3) is 5.69 Å². The maximum atomic E-state index is 12.4. The zero-order chi connectivity index (χ0) is 16.9. The Bertz CT molecular complexity index is 843. The molecule has 0 saturated carbocycles. The number of carbonyl (C=O) groups is 1. The fourth-order valence-electron chi connectivity index (χ4n) is 2.33. The smallest absolute Gasteiger partial charge is 0.255 e. The van der Waals surface area contributed by atoms with Gasteiger partial charge >= 0.3 is 0 Å². The van der Waals surface area contributed by atoms with Crippen LogP contribution in [-0.4, -0.2) is 22.8 Å². The van der Waals surface area contributed by atoms with Crippen LogP contribution in [-0.2, 0) is 11.3 Å². The maximum Gasteiger partial charge on any atom is 0.255 e. The van der Waals surface area contributed by atoms with E-state index in [1.807, 2.05) is 42.6 Å². The number of anilines is 1. The number of para-hydroxylation sites is 1. The third kappa shape index (κ3) is 3.72. The third-order valence-electron chi connectivity index (χ3n) is 3.51. The Morgan fingerprint density at radius 2 is 1.96 bits per heavy atom. The van der Waals surface area contributed by atoms with Gasteiger partial charge in [0.25, 0.3) is 5.91 Å². The second-order valence-corrected chi connectivity index (χ2v) is 6.11. The Labute approximate surface area is 148 Å². The predicted molar refractivity (Wildman–Crippen MR) is 96.4 cm³/mol. The molecular formula is C18H16BrN3O2. The Morgan fingerprint density at radius 3 is 2.62 bits per heavy atom. The number of carbonyl (C=O) groups excluding carboxylic acids is 1. The number of benzene rings is 2. The number of aromatic nitrogens is 2. The van der Waals surface area contributed by atoms with Gasteiger partial charge in [-0.15, -0.1) is 0 Å². The van der Waals surface area contributed by atoms with Gasteiger partial charge in [-0.2, -0.15) is 5.10 Å². The Hall–Kier alpha value is -2.44. The molecule has 0 bridgehead atoms. The Kier molecular flexibility index (Phi) is 5.08. The van der Waals surface area contributed by atoms with Gasteiger partial charge in [-0.25, -0.2) is 4.68 Å². The average molecular weight is 386 g/mol. The molecule has 1 N–H and O–H groups in total. The van der Waals surface area contributed by atoms with Crippen LogP contribution in [0, 0.1) is 0 Å². The summed E-state index contributed by atoms with van der Waals surface area (Å²) in [6.45, 7) is 0.448. The van der Waals surface area contributed by atoms with Crippen LogP contribution < -0.4 is 5.32 Å². The van der Waals surface area contributed by atoms with Gasteiger partial charge in [0.1, 0.15) is 0 Å². The molecule has 0 aliphatic carbocycles. The second-order valence-electron chi connectivity index (χ2n) is 5.19. The molecule has 1 heterocycles. The van der Waals surface area contributed by atoms with E-state index in [0.717, 1.165) is 21.4 Å². The zero-order valence-electron chi connectivity index (χ0n) is 13.1. The van der Waals surface area contributed by atoms with Gasteiger partial charge in [-0.1, -0.05) is 18.2 Å². The van der Waals surface area contributed by atoms with Crippen LogP contribution in [0.3, 0.4) is 0 Å². The molecule has 0 radical (unpaired) electrons. The van der Waals surface area contributed by atoms with Gasteiger partial charge in [-0.3, -0.25) is 4.79 Å². The van der Waals surface area contributed by atoms with Crippen molar-refractivity contribution in [3.8, 4) is 5.69 Å². The van der Waals surface area contributed by atoms with Crippen molar-refractivity contribution in [2.75, 3.05) is 12.4 Å². The van der Waals surface area contributed by atoms with Crippen LogP contribution in [0.4, 0.5) is 5.69 Å². The molecule has 24 heavy (non-hydrogen) atoms. The Balaban J connectivity index is 1.76. The summed E-state index contributed by atoms with van der Waals surface area (Å²) in [6.07, 6.45) is 3.57. The maximum absolute atomic E-state index is 12.4. The number of hydrogen-bond acceptors (Lipinski definition) is 3. The first-order chi connectivity index (χ1) is 11.7. The molecule has 2 aromatic carbocycles. The first-order valence-electron chi connectivity index (χ1n) is 7.36. The van der Waals surface area contributed by atoms with Crippen molar-refractivity contribution in [2.24, 2.45) is 0 Å². The molecule has 0 saturated heterocycles. The van der Waals surface area contributed by atoms with Crippen molar-refractivity contribution in [1.29, 1.82) is 0 Å². The van der Waals surface area contributed by atoms with E-state index >= 15 is 0 Å². The van der Waals surface area contributed by atoms with Gasteiger partial charge in [-0.05, 0) is 46.3 Å². The number of ether oxygens (including phenoxy) is 1. The van der Waals surface area contributed by atoms with E-state index < -0.39 is 0 Å². The molecule has 0 unspecified atom stereocenters. The van der Waals surface area contributed by atoms with Gasteiger partial charge in [0, 0.05) is 30.1 Å². The van der Waals surface area contributed by atoms with E-state index in [2.05, 4.69) is 26.3 Å². The fraction of sp³-hybridized carbons (Fsp3) is 0.111. The van der Waals surface area contributed by atoms with Crippen LogP contribution in [0.1, 0.15) is 15.9 Å². The highest BCUT2D eigenvalue weighted by Gasteiger charge is 2.09. The molecule has 3 aromatic rings. The van der Waals surface area contributed by atoms with Crippen molar-refractivity contribution in [1.82, 2.24) is 9.78 Å². The number of nitrogens with one attached hydrogen (secondary N) is 1. The molecular weight excluding hydrogens is 370 g/mol. The number of nitrogens with zero attached hydrogens (tertiary/aromatic N) is 2. The van der Waals surface area contributed by atoms with Crippen LogP contribution in [0.15, 0.2) is 65.4 Å². The molecule has 0 atom stereocenters. The molecule has 6 heteroatoms. The zero-order valence-corrected chi connectivity index (χ0v) is 14.7. The summed E-state index contributed by atoms with van der Waals surface area (Å²) < 4.78 is 7.80. The normalized spacial score (nSPS) is 10.6. The summed E-state index contributed by atoms with van der Waals surface area (Å²) in [5, 5.41) is 7.14. The molecule has 0 aliphatic heterocycles. The quantitative estimate of drug-likeness (QED) is 0.720. The number of amides is 1. The highest BCUT2D eigenvalue weighted by molar-refractivity contribution is 9.10. The standard InChI is InChI=1S/C18H16BrN3O2/c1-24-12-14-4-2-3-5-17(14)21-18(23)13-6-8-16(9-7-13)22-11-15(19)10-20-22/h2-11H,12H2,1H3,(H,21,23). The first-order valence-corrected chi connectivity index (χ1v) is 8.15. The number of rotatable bonds is 5. The lowest BCUT2D eigenvalue weighted by atomic mass is 10.1. The summed E-state index contributed by atoms with van der Waals surface area (Å²) in [5.41, 5.74) is 3.16. The molecule has 5 nitrogen and oxygen atoms in total. The largest absolute Gasteiger partial charge is 0.380 e. The molecule has 1 aromatic heterocycles. The summed E-state index contributed by atoms with van der Waals surface area (Å²) in [7, 11) is 1.63. The van der Waals surface area contributed by atoms with E-state index in [-0.39, 0.29) is 5.91 Å².